The monoisotopic (exact) mass is 194 g/mol. The van der Waals surface area contributed by atoms with Gasteiger partial charge >= 0.3 is 0 Å². The first-order chi connectivity index (χ1) is 6.57. The van der Waals surface area contributed by atoms with Gasteiger partial charge in [0.25, 0.3) is 0 Å². The zero-order valence-electron chi connectivity index (χ0n) is 8.37. The van der Waals surface area contributed by atoms with Crippen molar-refractivity contribution < 1.29 is 15.0 Å². The predicted molar refractivity (Wildman–Crippen MR) is 53.6 cm³/mol. The van der Waals surface area contributed by atoms with Gasteiger partial charge in [0.15, 0.2) is 11.5 Å². The van der Waals surface area contributed by atoms with Crippen molar-refractivity contribution in [2.24, 2.45) is 0 Å². The first kappa shape index (κ1) is 10.6. The van der Waals surface area contributed by atoms with Crippen LogP contribution >= 0.6 is 0 Å². The molecule has 76 valence electrons. The van der Waals surface area contributed by atoms with Gasteiger partial charge in [0.05, 0.1) is 0 Å². The molecule has 0 unspecified atom stereocenters. The summed E-state index contributed by atoms with van der Waals surface area (Å²) in [6, 6.07) is 1.80. The van der Waals surface area contributed by atoms with E-state index in [1.165, 1.54) is 0 Å². The molecule has 2 N–H and O–H groups in total. The van der Waals surface area contributed by atoms with Gasteiger partial charge in [0.1, 0.15) is 6.29 Å². The summed E-state index contributed by atoms with van der Waals surface area (Å²) in [6.07, 6.45) is 1.62. The number of hydrogen-bond acceptors (Lipinski definition) is 3. The van der Waals surface area contributed by atoms with E-state index in [-0.39, 0.29) is 11.5 Å². The Hall–Kier alpha value is -1.51. The summed E-state index contributed by atoms with van der Waals surface area (Å²) in [6.45, 7) is 3.60. The lowest BCUT2D eigenvalue weighted by molar-refractivity contribution is -0.107. The number of aldehydes is 1. The van der Waals surface area contributed by atoms with E-state index in [0.29, 0.717) is 24.0 Å². The average molecular weight is 194 g/mol. The second-order valence-electron chi connectivity index (χ2n) is 3.38. The van der Waals surface area contributed by atoms with E-state index in [1.807, 2.05) is 6.92 Å². The van der Waals surface area contributed by atoms with Crippen LogP contribution in [0.3, 0.4) is 0 Å². The molecule has 0 saturated heterocycles. The fraction of sp³-hybridized carbons (Fsp3) is 0.364. The summed E-state index contributed by atoms with van der Waals surface area (Å²) >= 11 is 0. The highest BCUT2D eigenvalue weighted by molar-refractivity contribution is 5.55. The van der Waals surface area contributed by atoms with Crippen LogP contribution in [0.2, 0.25) is 0 Å². The van der Waals surface area contributed by atoms with Crippen molar-refractivity contribution in [2.75, 3.05) is 0 Å². The smallest absolute Gasteiger partial charge is 0.160 e. The second kappa shape index (κ2) is 4.13. The van der Waals surface area contributed by atoms with Crippen LogP contribution in [-0.2, 0) is 11.2 Å². The minimum Gasteiger partial charge on any atom is -0.504 e. The van der Waals surface area contributed by atoms with Crippen molar-refractivity contribution in [1.82, 2.24) is 0 Å². The Morgan fingerprint density at radius 3 is 2.50 bits per heavy atom. The molecule has 0 bridgehead atoms. The molecule has 3 heteroatoms. The van der Waals surface area contributed by atoms with Crippen molar-refractivity contribution in [3.05, 3.63) is 22.8 Å². The van der Waals surface area contributed by atoms with Crippen LogP contribution in [0.1, 0.15) is 23.1 Å². The average Bonchev–Trinajstić information content (AvgIpc) is 2.18. The summed E-state index contributed by atoms with van der Waals surface area (Å²) in [5.41, 5.74) is 2.22. The molecule has 3 nitrogen and oxygen atoms in total. The second-order valence-corrected chi connectivity index (χ2v) is 3.38. The maximum atomic E-state index is 10.2. The quantitative estimate of drug-likeness (QED) is 0.570. The van der Waals surface area contributed by atoms with Gasteiger partial charge in [-0.3, -0.25) is 0 Å². The van der Waals surface area contributed by atoms with Crippen LogP contribution in [0, 0.1) is 13.8 Å². The third-order valence-electron chi connectivity index (χ3n) is 2.40. The number of benzene rings is 1. The van der Waals surface area contributed by atoms with Gasteiger partial charge in [-0.05, 0) is 37.0 Å². The molecule has 1 aromatic rings. The maximum absolute atomic E-state index is 10.2. The molecule has 0 fully saturated rings. The van der Waals surface area contributed by atoms with E-state index in [4.69, 9.17) is 0 Å². The normalized spacial score (nSPS) is 10.1. The van der Waals surface area contributed by atoms with E-state index in [1.54, 1.807) is 13.0 Å². The standard InChI is InChI=1S/C11H14O3/c1-7-6-9(4-3-5-12)11(14)10(13)8(7)2/h5-6,13-14H,3-4H2,1-2H3. The highest BCUT2D eigenvalue weighted by atomic mass is 16.3. The van der Waals surface area contributed by atoms with Gasteiger partial charge < -0.3 is 15.0 Å². The van der Waals surface area contributed by atoms with Crippen molar-refractivity contribution >= 4 is 6.29 Å². The predicted octanol–water partition coefficient (Wildman–Crippen LogP) is 1.85. The number of aromatic hydroxyl groups is 2. The Bertz CT molecular complexity index is 356. The van der Waals surface area contributed by atoms with E-state index in [2.05, 4.69) is 0 Å². The lowest BCUT2D eigenvalue weighted by Crippen LogP contribution is -1.92. The first-order valence-electron chi connectivity index (χ1n) is 4.52. The molecule has 0 amide bonds. The molecular formula is C11H14O3. The van der Waals surface area contributed by atoms with Crippen molar-refractivity contribution in [1.29, 1.82) is 0 Å². The largest absolute Gasteiger partial charge is 0.504 e. The van der Waals surface area contributed by atoms with Gasteiger partial charge in [-0.2, -0.15) is 0 Å². The molecule has 0 radical (unpaired) electrons. The molecule has 0 aliphatic rings. The zero-order valence-corrected chi connectivity index (χ0v) is 8.37. The fourth-order valence-electron chi connectivity index (χ4n) is 1.36. The Balaban J connectivity index is 3.12. The third-order valence-corrected chi connectivity index (χ3v) is 2.40. The number of carbonyl (C=O) groups excluding carboxylic acids is 1. The van der Waals surface area contributed by atoms with Gasteiger partial charge in [-0.25, -0.2) is 0 Å². The van der Waals surface area contributed by atoms with Crippen molar-refractivity contribution in [3.63, 3.8) is 0 Å². The van der Waals surface area contributed by atoms with Gasteiger partial charge in [-0.15, -0.1) is 0 Å². The summed E-state index contributed by atoms with van der Waals surface area (Å²) < 4.78 is 0. The van der Waals surface area contributed by atoms with Crippen molar-refractivity contribution in [3.8, 4) is 11.5 Å². The van der Waals surface area contributed by atoms with Gasteiger partial charge in [0, 0.05) is 6.42 Å². The molecule has 1 rings (SSSR count). The van der Waals surface area contributed by atoms with Crippen LogP contribution in [0.25, 0.3) is 0 Å². The molecule has 14 heavy (non-hydrogen) atoms. The van der Waals surface area contributed by atoms with E-state index in [0.717, 1.165) is 11.8 Å². The molecule has 0 atom stereocenters. The molecule has 0 heterocycles. The first-order valence-corrected chi connectivity index (χ1v) is 4.52. The lowest BCUT2D eigenvalue weighted by atomic mass is 10.0. The molecule has 0 spiro atoms. The van der Waals surface area contributed by atoms with E-state index < -0.39 is 0 Å². The highest BCUT2D eigenvalue weighted by Gasteiger charge is 2.11. The van der Waals surface area contributed by atoms with Crippen LogP contribution < -0.4 is 0 Å². The minimum atomic E-state index is -0.102. The molecule has 0 saturated carbocycles. The number of phenols is 2. The number of rotatable bonds is 3. The van der Waals surface area contributed by atoms with Crippen LogP contribution in [0.15, 0.2) is 6.07 Å². The lowest BCUT2D eigenvalue weighted by Gasteiger charge is -2.10. The molecular weight excluding hydrogens is 180 g/mol. The van der Waals surface area contributed by atoms with Gasteiger partial charge in [-0.1, -0.05) is 6.07 Å². The summed E-state index contributed by atoms with van der Waals surface area (Å²) in [5, 5.41) is 19.1. The zero-order chi connectivity index (χ0) is 10.7. The molecule has 1 aromatic carbocycles. The Morgan fingerprint density at radius 2 is 1.93 bits per heavy atom. The van der Waals surface area contributed by atoms with Crippen LogP contribution in [0.5, 0.6) is 11.5 Å². The summed E-state index contributed by atoms with van der Waals surface area (Å²) in [4.78, 5) is 10.2. The Labute approximate surface area is 83.0 Å². The number of carbonyl (C=O) groups is 1. The minimum absolute atomic E-state index is 0.0779. The van der Waals surface area contributed by atoms with Crippen molar-refractivity contribution in [2.45, 2.75) is 26.7 Å². The van der Waals surface area contributed by atoms with Crippen LogP contribution in [0.4, 0.5) is 0 Å². The molecule has 0 aliphatic carbocycles. The number of hydrogen-bond donors (Lipinski definition) is 2. The molecule has 0 aromatic heterocycles. The highest BCUT2D eigenvalue weighted by Crippen LogP contribution is 2.34. The maximum Gasteiger partial charge on any atom is 0.160 e. The summed E-state index contributed by atoms with van der Waals surface area (Å²) in [7, 11) is 0. The third kappa shape index (κ3) is 1.87. The number of phenolic OH excluding ortho intramolecular Hbond substituents is 2. The Morgan fingerprint density at radius 1 is 1.29 bits per heavy atom. The molecule has 0 aliphatic heterocycles. The number of aryl methyl sites for hydroxylation is 2. The Kier molecular flexibility index (Phi) is 3.12. The topological polar surface area (TPSA) is 57.5 Å². The fourth-order valence-corrected chi connectivity index (χ4v) is 1.36. The van der Waals surface area contributed by atoms with Crippen LogP contribution in [-0.4, -0.2) is 16.5 Å². The van der Waals surface area contributed by atoms with E-state index >= 15 is 0 Å². The van der Waals surface area contributed by atoms with E-state index in [9.17, 15) is 15.0 Å². The SMILES string of the molecule is Cc1cc(CCC=O)c(O)c(O)c1C. The van der Waals surface area contributed by atoms with Gasteiger partial charge in [0.2, 0.25) is 0 Å². The summed E-state index contributed by atoms with van der Waals surface area (Å²) in [5.74, 6) is -0.180.